The van der Waals surface area contributed by atoms with Gasteiger partial charge in [-0.15, -0.1) is 11.3 Å². The summed E-state index contributed by atoms with van der Waals surface area (Å²) in [6, 6.07) is 17.7. The number of ether oxygens (including phenoxy) is 1. The lowest BCUT2D eigenvalue weighted by Gasteiger charge is -2.23. The van der Waals surface area contributed by atoms with Crippen molar-refractivity contribution in [3.63, 3.8) is 0 Å². The third-order valence-electron chi connectivity index (χ3n) is 6.94. The lowest BCUT2D eigenvalue weighted by atomic mass is 10.0. The number of carbonyl (C=O) groups is 2. The molecule has 1 aliphatic rings. The first-order valence-electron chi connectivity index (χ1n) is 14.0. The molecule has 0 unspecified atom stereocenters. The van der Waals surface area contributed by atoms with Gasteiger partial charge in [-0.1, -0.05) is 44.2 Å². The maximum absolute atomic E-state index is 13.3. The maximum atomic E-state index is 13.3. The second-order valence-electron chi connectivity index (χ2n) is 11.2. The average molecular weight is 551 g/mol. The number of nitrogens with zero attached hydrogens (tertiary/aromatic N) is 2. The molecule has 2 N–H and O–H groups in total. The molecule has 2 heterocycles. The molecule has 1 aromatic heterocycles. The van der Waals surface area contributed by atoms with E-state index in [4.69, 9.17) is 4.74 Å². The van der Waals surface area contributed by atoms with Crippen molar-refractivity contribution in [2.45, 2.75) is 51.7 Å². The fourth-order valence-corrected chi connectivity index (χ4v) is 5.91. The Morgan fingerprint density at radius 3 is 2.62 bits per heavy atom. The smallest absolute Gasteiger partial charge is 0.262 e. The van der Waals surface area contributed by atoms with Crippen LogP contribution in [0.2, 0.25) is 0 Å². The molecule has 1 fully saturated rings. The SMILES string of the molecule is CC(C)C[C@H](NC(=O)c1cc2ccccc2s1)C(=O)N[C@@H]1CCN(Cc2ccc(OCCCN(C)C)cc2)C1. The van der Waals surface area contributed by atoms with Gasteiger partial charge in [-0.25, -0.2) is 0 Å². The first kappa shape index (κ1) is 29.1. The second kappa shape index (κ2) is 13.9. The summed E-state index contributed by atoms with van der Waals surface area (Å²) in [5.41, 5.74) is 1.23. The average Bonchev–Trinajstić information content (AvgIpc) is 3.53. The van der Waals surface area contributed by atoms with Crippen LogP contribution in [0, 0.1) is 5.92 Å². The van der Waals surface area contributed by atoms with Crippen LogP contribution in [0.25, 0.3) is 10.1 Å². The van der Waals surface area contributed by atoms with Gasteiger partial charge in [-0.2, -0.15) is 0 Å². The van der Waals surface area contributed by atoms with Gasteiger partial charge in [0.2, 0.25) is 5.91 Å². The predicted molar refractivity (Wildman–Crippen MR) is 159 cm³/mol. The van der Waals surface area contributed by atoms with E-state index in [2.05, 4.69) is 60.5 Å². The van der Waals surface area contributed by atoms with Gasteiger partial charge in [0.15, 0.2) is 0 Å². The van der Waals surface area contributed by atoms with Gasteiger partial charge in [0, 0.05) is 36.9 Å². The summed E-state index contributed by atoms with van der Waals surface area (Å²) < 4.78 is 6.92. The van der Waals surface area contributed by atoms with Crippen LogP contribution in [-0.4, -0.2) is 74.0 Å². The predicted octanol–water partition coefficient (Wildman–Crippen LogP) is 4.77. The number of nitrogens with one attached hydrogen (secondary N) is 2. The van der Waals surface area contributed by atoms with E-state index in [0.29, 0.717) is 17.9 Å². The molecule has 4 rings (SSSR count). The zero-order chi connectivity index (χ0) is 27.8. The van der Waals surface area contributed by atoms with E-state index >= 15 is 0 Å². The summed E-state index contributed by atoms with van der Waals surface area (Å²) in [6.07, 6.45) is 2.50. The zero-order valence-corrected chi connectivity index (χ0v) is 24.4. The number of rotatable bonds is 13. The van der Waals surface area contributed by atoms with Crippen LogP contribution in [0.4, 0.5) is 0 Å². The number of carbonyl (C=O) groups excluding carboxylic acids is 2. The molecular formula is C31H42N4O3S. The van der Waals surface area contributed by atoms with Crippen molar-refractivity contribution in [3.8, 4) is 5.75 Å². The maximum Gasteiger partial charge on any atom is 0.262 e. The Morgan fingerprint density at radius 1 is 1.13 bits per heavy atom. The van der Waals surface area contributed by atoms with Crippen LogP contribution in [0.1, 0.15) is 48.3 Å². The van der Waals surface area contributed by atoms with Crippen molar-refractivity contribution in [2.75, 3.05) is 40.3 Å². The van der Waals surface area contributed by atoms with E-state index in [-0.39, 0.29) is 23.8 Å². The molecule has 3 aromatic rings. The molecule has 0 spiro atoms. The Bertz CT molecular complexity index is 1190. The van der Waals surface area contributed by atoms with E-state index in [1.807, 2.05) is 42.5 Å². The Morgan fingerprint density at radius 2 is 1.90 bits per heavy atom. The normalized spacial score (nSPS) is 16.6. The highest BCUT2D eigenvalue weighted by Crippen LogP contribution is 2.25. The number of benzene rings is 2. The molecule has 210 valence electrons. The van der Waals surface area contributed by atoms with Crippen LogP contribution >= 0.6 is 11.3 Å². The van der Waals surface area contributed by atoms with Crippen LogP contribution in [-0.2, 0) is 11.3 Å². The quantitative estimate of drug-likeness (QED) is 0.300. The molecular weight excluding hydrogens is 508 g/mol. The van der Waals surface area contributed by atoms with E-state index in [1.54, 1.807) is 0 Å². The Hall–Kier alpha value is -2.94. The minimum absolute atomic E-state index is 0.0766. The molecule has 1 saturated heterocycles. The van der Waals surface area contributed by atoms with E-state index in [1.165, 1.54) is 16.9 Å². The molecule has 0 aliphatic carbocycles. The largest absolute Gasteiger partial charge is 0.494 e. The standard InChI is InChI=1S/C31H42N4O3S/c1-22(2)18-27(33-31(37)29-19-24-8-5-6-9-28(24)39-29)30(36)32-25-14-16-35(21-25)20-23-10-12-26(13-11-23)38-17-7-15-34(3)4/h5-6,8-13,19,22,25,27H,7,14-18,20-21H2,1-4H3,(H,32,36)(H,33,37)/t25-,27+/m1/s1. The van der Waals surface area contributed by atoms with E-state index in [9.17, 15) is 9.59 Å². The van der Waals surface area contributed by atoms with Gasteiger partial charge in [0.1, 0.15) is 11.8 Å². The number of hydrogen-bond acceptors (Lipinski definition) is 6. The Labute approximate surface area is 236 Å². The van der Waals surface area contributed by atoms with Crippen LogP contribution < -0.4 is 15.4 Å². The Balaban J connectivity index is 1.26. The summed E-state index contributed by atoms with van der Waals surface area (Å²) in [6.45, 7) is 8.44. The number of amides is 2. The van der Waals surface area contributed by atoms with Crippen LogP contribution in [0.3, 0.4) is 0 Å². The third kappa shape index (κ3) is 8.78. The van der Waals surface area contributed by atoms with Crippen molar-refractivity contribution in [1.82, 2.24) is 20.4 Å². The van der Waals surface area contributed by atoms with Crippen LogP contribution in [0.15, 0.2) is 54.6 Å². The van der Waals surface area contributed by atoms with Crippen LogP contribution in [0.5, 0.6) is 5.75 Å². The van der Waals surface area contributed by atoms with E-state index in [0.717, 1.165) is 54.9 Å². The summed E-state index contributed by atoms with van der Waals surface area (Å²) in [4.78, 5) is 31.5. The topological polar surface area (TPSA) is 73.9 Å². The Kier molecular flexibility index (Phi) is 10.4. The second-order valence-corrected chi connectivity index (χ2v) is 12.3. The van der Waals surface area contributed by atoms with Crippen molar-refractivity contribution in [3.05, 3.63) is 65.0 Å². The lowest BCUT2D eigenvalue weighted by Crippen LogP contribution is -2.50. The molecule has 0 bridgehead atoms. The number of fused-ring (bicyclic) bond motifs is 1. The van der Waals surface area contributed by atoms with E-state index < -0.39 is 6.04 Å². The highest BCUT2D eigenvalue weighted by molar-refractivity contribution is 7.20. The minimum Gasteiger partial charge on any atom is -0.494 e. The summed E-state index contributed by atoms with van der Waals surface area (Å²) in [5, 5.41) is 7.27. The number of thiophene rings is 1. The van der Waals surface area contributed by atoms with Gasteiger partial charge in [-0.05, 0) is 74.5 Å². The van der Waals surface area contributed by atoms with Gasteiger partial charge in [0.05, 0.1) is 11.5 Å². The fraction of sp³-hybridized carbons (Fsp3) is 0.484. The van der Waals surface area contributed by atoms with Crippen molar-refractivity contribution < 1.29 is 14.3 Å². The molecule has 2 atom stereocenters. The first-order valence-corrected chi connectivity index (χ1v) is 14.8. The zero-order valence-electron chi connectivity index (χ0n) is 23.6. The summed E-state index contributed by atoms with van der Waals surface area (Å²) in [7, 11) is 4.14. The molecule has 8 heteroatoms. The highest BCUT2D eigenvalue weighted by Gasteiger charge is 2.29. The van der Waals surface area contributed by atoms with Gasteiger partial charge in [-0.3, -0.25) is 14.5 Å². The molecule has 0 radical (unpaired) electrons. The molecule has 2 amide bonds. The highest BCUT2D eigenvalue weighted by atomic mass is 32.1. The lowest BCUT2D eigenvalue weighted by molar-refractivity contribution is -0.124. The van der Waals surface area contributed by atoms with Gasteiger partial charge < -0.3 is 20.3 Å². The summed E-state index contributed by atoms with van der Waals surface area (Å²) >= 11 is 1.46. The van der Waals surface area contributed by atoms with Crippen molar-refractivity contribution in [1.29, 1.82) is 0 Å². The van der Waals surface area contributed by atoms with Crippen molar-refractivity contribution in [2.24, 2.45) is 5.92 Å². The summed E-state index contributed by atoms with van der Waals surface area (Å²) in [5.74, 6) is 0.900. The molecule has 1 aliphatic heterocycles. The minimum atomic E-state index is -0.554. The third-order valence-corrected chi connectivity index (χ3v) is 8.06. The first-order chi connectivity index (χ1) is 18.8. The fourth-order valence-electron chi connectivity index (χ4n) is 4.94. The van der Waals surface area contributed by atoms with Crippen molar-refractivity contribution >= 4 is 33.2 Å². The monoisotopic (exact) mass is 550 g/mol. The van der Waals surface area contributed by atoms with Gasteiger partial charge in [0.25, 0.3) is 5.91 Å². The molecule has 7 nitrogen and oxygen atoms in total. The molecule has 0 saturated carbocycles. The molecule has 2 aromatic carbocycles. The van der Waals surface area contributed by atoms with Gasteiger partial charge >= 0.3 is 0 Å². The molecule has 39 heavy (non-hydrogen) atoms. The number of hydrogen-bond donors (Lipinski definition) is 2. The number of likely N-dealkylation sites (tertiary alicyclic amines) is 1.